The first-order valence-corrected chi connectivity index (χ1v) is 6.59. The van der Waals surface area contributed by atoms with Crippen molar-refractivity contribution in [2.45, 2.75) is 13.2 Å². The standard InChI is InChI=1S/C17H14N2O2/c1-11-7-12(10-19-9-11)16-13-5-3-4-6-15(13)21-17(20-2)14(16)8-18/h3-7,9-10,17H,1-2H3. The Balaban J connectivity index is 2.29. The first kappa shape index (κ1) is 13.3. The van der Waals surface area contributed by atoms with Crippen LogP contribution in [0.5, 0.6) is 5.75 Å². The molecule has 2 aromatic rings. The van der Waals surface area contributed by atoms with E-state index < -0.39 is 6.29 Å². The number of aryl methyl sites for hydroxylation is 1. The van der Waals surface area contributed by atoms with Crippen molar-refractivity contribution >= 4 is 5.57 Å². The van der Waals surface area contributed by atoms with Crippen LogP contribution in [-0.2, 0) is 4.74 Å². The molecule has 0 aliphatic carbocycles. The zero-order valence-corrected chi connectivity index (χ0v) is 11.8. The minimum absolute atomic E-state index is 0.462. The monoisotopic (exact) mass is 278 g/mol. The van der Waals surface area contributed by atoms with Gasteiger partial charge < -0.3 is 9.47 Å². The Morgan fingerprint density at radius 1 is 1.29 bits per heavy atom. The van der Waals surface area contributed by atoms with E-state index in [1.807, 2.05) is 37.3 Å². The van der Waals surface area contributed by atoms with Crippen LogP contribution in [0.15, 0.2) is 48.3 Å². The second-order valence-electron chi connectivity index (χ2n) is 4.83. The number of rotatable bonds is 2. The molecule has 0 fully saturated rings. The molecule has 1 aliphatic rings. The van der Waals surface area contributed by atoms with Gasteiger partial charge in [-0.15, -0.1) is 0 Å². The average molecular weight is 278 g/mol. The fourth-order valence-corrected chi connectivity index (χ4v) is 2.49. The summed E-state index contributed by atoms with van der Waals surface area (Å²) in [6, 6.07) is 11.9. The zero-order chi connectivity index (χ0) is 14.8. The topological polar surface area (TPSA) is 55.1 Å². The van der Waals surface area contributed by atoms with Crippen LogP contribution < -0.4 is 4.74 Å². The molecule has 104 valence electrons. The lowest BCUT2D eigenvalue weighted by Gasteiger charge is -2.27. The highest BCUT2D eigenvalue weighted by Crippen LogP contribution is 2.39. The molecule has 1 atom stereocenters. The van der Waals surface area contributed by atoms with Crippen molar-refractivity contribution in [3.8, 4) is 11.8 Å². The van der Waals surface area contributed by atoms with E-state index in [0.717, 1.165) is 22.3 Å². The summed E-state index contributed by atoms with van der Waals surface area (Å²) in [6.07, 6.45) is 2.85. The molecule has 1 aromatic heterocycles. The number of benzene rings is 1. The Morgan fingerprint density at radius 3 is 2.81 bits per heavy atom. The molecule has 4 nitrogen and oxygen atoms in total. The number of pyridine rings is 1. The van der Waals surface area contributed by atoms with Gasteiger partial charge in [0.15, 0.2) is 0 Å². The van der Waals surface area contributed by atoms with Gasteiger partial charge in [0.1, 0.15) is 17.4 Å². The van der Waals surface area contributed by atoms with Gasteiger partial charge in [0, 0.05) is 36.2 Å². The van der Waals surface area contributed by atoms with E-state index in [9.17, 15) is 5.26 Å². The van der Waals surface area contributed by atoms with E-state index in [2.05, 4.69) is 11.1 Å². The molecule has 1 aromatic carbocycles. The summed E-state index contributed by atoms with van der Waals surface area (Å²) in [5.74, 6) is 0.708. The number of para-hydroxylation sites is 1. The Morgan fingerprint density at radius 2 is 2.10 bits per heavy atom. The minimum atomic E-state index is -0.694. The second-order valence-corrected chi connectivity index (χ2v) is 4.83. The molecule has 4 heteroatoms. The van der Waals surface area contributed by atoms with Crippen LogP contribution in [0.2, 0.25) is 0 Å². The van der Waals surface area contributed by atoms with Crippen LogP contribution in [0.25, 0.3) is 5.57 Å². The molecule has 0 spiro atoms. The van der Waals surface area contributed by atoms with Gasteiger partial charge in [0.05, 0.1) is 0 Å². The van der Waals surface area contributed by atoms with Crippen molar-refractivity contribution in [1.82, 2.24) is 4.98 Å². The van der Waals surface area contributed by atoms with Crippen LogP contribution >= 0.6 is 0 Å². The molecule has 2 heterocycles. The van der Waals surface area contributed by atoms with Crippen LogP contribution in [0.4, 0.5) is 0 Å². The number of aromatic nitrogens is 1. The maximum Gasteiger partial charge on any atom is 0.237 e. The van der Waals surface area contributed by atoms with Crippen LogP contribution in [-0.4, -0.2) is 18.4 Å². The lowest BCUT2D eigenvalue weighted by molar-refractivity contribution is -0.0232. The second kappa shape index (κ2) is 5.39. The predicted octanol–water partition coefficient (Wildman–Crippen LogP) is 3.08. The Bertz CT molecular complexity index is 759. The molecule has 21 heavy (non-hydrogen) atoms. The van der Waals surface area contributed by atoms with Gasteiger partial charge in [-0.2, -0.15) is 5.26 Å². The van der Waals surface area contributed by atoms with Crippen LogP contribution in [0.1, 0.15) is 16.7 Å². The number of hydrogen-bond donors (Lipinski definition) is 0. The van der Waals surface area contributed by atoms with E-state index in [1.54, 1.807) is 12.4 Å². The van der Waals surface area contributed by atoms with Gasteiger partial charge in [0.2, 0.25) is 6.29 Å². The maximum absolute atomic E-state index is 9.53. The Hall–Kier alpha value is -2.64. The molecular formula is C17H14N2O2. The largest absolute Gasteiger partial charge is 0.459 e. The van der Waals surface area contributed by atoms with E-state index >= 15 is 0 Å². The minimum Gasteiger partial charge on any atom is -0.459 e. The van der Waals surface area contributed by atoms with Crippen molar-refractivity contribution in [3.63, 3.8) is 0 Å². The number of ether oxygens (including phenoxy) is 2. The lowest BCUT2D eigenvalue weighted by atomic mass is 9.91. The predicted molar refractivity (Wildman–Crippen MR) is 78.5 cm³/mol. The van der Waals surface area contributed by atoms with E-state index in [1.165, 1.54) is 7.11 Å². The smallest absolute Gasteiger partial charge is 0.237 e. The van der Waals surface area contributed by atoms with Crippen molar-refractivity contribution < 1.29 is 9.47 Å². The van der Waals surface area contributed by atoms with Gasteiger partial charge >= 0.3 is 0 Å². The highest BCUT2D eigenvalue weighted by atomic mass is 16.7. The first-order valence-electron chi connectivity index (χ1n) is 6.59. The van der Waals surface area contributed by atoms with E-state index in [0.29, 0.717) is 11.3 Å². The van der Waals surface area contributed by atoms with Gasteiger partial charge in [-0.25, -0.2) is 0 Å². The molecule has 1 unspecified atom stereocenters. The number of hydrogen-bond acceptors (Lipinski definition) is 4. The third kappa shape index (κ3) is 2.28. The fraction of sp³-hybridized carbons (Fsp3) is 0.176. The summed E-state index contributed by atoms with van der Waals surface area (Å²) in [7, 11) is 1.53. The van der Waals surface area contributed by atoms with E-state index in [-0.39, 0.29) is 0 Å². The van der Waals surface area contributed by atoms with Crippen molar-refractivity contribution in [3.05, 3.63) is 65.0 Å². The SMILES string of the molecule is COC1Oc2ccccc2C(c2cncc(C)c2)=C1C#N. The molecule has 1 aliphatic heterocycles. The van der Waals surface area contributed by atoms with Gasteiger partial charge in [-0.1, -0.05) is 18.2 Å². The van der Waals surface area contributed by atoms with Crippen LogP contribution in [0, 0.1) is 18.3 Å². The van der Waals surface area contributed by atoms with Gasteiger partial charge in [-0.05, 0) is 24.6 Å². The van der Waals surface area contributed by atoms with Crippen LogP contribution in [0.3, 0.4) is 0 Å². The highest BCUT2D eigenvalue weighted by molar-refractivity contribution is 5.88. The van der Waals surface area contributed by atoms with Gasteiger partial charge in [0.25, 0.3) is 0 Å². The Kier molecular flexibility index (Phi) is 3.43. The molecular weight excluding hydrogens is 264 g/mol. The summed E-state index contributed by atoms with van der Waals surface area (Å²) in [5.41, 5.74) is 4.10. The van der Waals surface area contributed by atoms with Crippen molar-refractivity contribution in [2.75, 3.05) is 7.11 Å². The first-order chi connectivity index (χ1) is 10.2. The summed E-state index contributed by atoms with van der Waals surface area (Å²) < 4.78 is 11.1. The molecule has 0 amide bonds. The molecule has 0 saturated carbocycles. The molecule has 3 rings (SSSR count). The summed E-state index contributed by atoms with van der Waals surface area (Å²) in [4.78, 5) is 4.23. The lowest BCUT2D eigenvalue weighted by Crippen LogP contribution is -2.26. The zero-order valence-electron chi connectivity index (χ0n) is 11.8. The summed E-state index contributed by atoms with van der Waals surface area (Å²) in [5, 5.41) is 9.53. The quantitative estimate of drug-likeness (QED) is 0.847. The third-order valence-electron chi connectivity index (χ3n) is 3.39. The number of methoxy groups -OCH3 is 1. The molecule has 0 bridgehead atoms. The normalized spacial score (nSPS) is 16.9. The number of nitriles is 1. The molecule has 0 radical (unpaired) electrons. The van der Waals surface area contributed by atoms with E-state index in [4.69, 9.17) is 9.47 Å². The summed E-state index contributed by atoms with van der Waals surface area (Å²) in [6.45, 7) is 1.97. The van der Waals surface area contributed by atoms with Crippen molar-refractivity contribution in [2.24, 2.45) is 0 Å². The maximum atomic E-state index is 9.53. The third-order valence-corrected chi connectivity index (χ3v) is 3.39. The number of nitrogens with zero attached hydrogens (tertiary/aromatic N) is 2. The van der Waals surface area contributed by atoms with Gasteiger partial charge in [-0.3, -0.25) is 4.98 Å². The Labute approximate surface area is 123 Å². The fourth-order valence-electron chi connectivity index (χ4n) is 2.49. The molecule has 0 saturated heterocycles. The number of fused-ring (bicyclic) bond motifs is 1. The van der Waals surface area contributed by atoms with Crippen molar-refractivity contribution in [1.29, 1.82) is 5.26 Å². The average Bonchev–Trinajstić information content (AvgIpc) is 2.52. The molecule has 0 N–H and O–H groups in total. The summed E-state index contributed by atoms with van der Waals surface area (Å²) >= 11 is 0. The highest BCUT2D eigenvalue weighted by Gasteiger charge is 2.29.